The Labute approximate surface area is 88.9 Å². The summed E-state index contributed by atoms with van der Waals surface area (Å²) < 4.78 is 0. The van der Waals surface area contributed by atoms with Crippen molar-refractivity contribution < 1.29 is 0 Å². The standard InChI is InChI=1S/C12H24N2/c1-5-7-11(3)9-14(6-2)10-12(4)8-13/h11-12H,5-7,9-10H2,1-4H3. The van der Waals surface area contributed by atoms with E-state index in [1.165, 1.54) is 12.8 Å². The van der Waals surface area contributed by atoms with Crippen molar-refractivity contribution in [1.82, 2.24) is 4.90 Å². The van der Waals surface area contributed by atoms with Gasteiger partial charge in [0.05, 0.1) is 12.0 Å². The quantitative estimate of drug-likeness (QED) is 0.626. The van der Waals surface area contributed by atoms with Crippen molar-refractivity contribution in [3.63, 3.8) is 0 Å². The number of nitriles is 1. The fraction of sp³-hybridized carbons (Fsp3) is 0.917. The van der Waals surface area contributed by atoms with E-state index in [9.17, 15) is 0 Å². The minimum atomic E-state index is 0.156. The van der Waals surface area contributed by atoms with E-state index in [0.717, 1.165) is 25.6 Å². The van der Waals surface area contributed by atoms with Crippen LogP contribution in [0.3, 0.4) is 0 Å². The molecule has 0 rings (SSSR count). The maximum absolute atomic E-state index is 8.74. The van der Waals surface area contributed by atoms with Crippen LogP contribution < -0.4 is 0 Å². The van der Waals surface area contributed by atoms with Crippen molar-refractivity contribution in [2.45, 2.75) is 40.5 Å². The molecule has 0 aliphatic carbocycles. The molecule has 82 valence electrons. The van der Waals surface area contributed by atoms with Crippen molar-refractivity contribution >= 4 is 0 Å². The zero-order valence-corrected chi connectivity index (χ0v) is 10.1. The van der Waals surface area contributed by atoms with Gasteiger partial charge >= 0.3 is 0 Å². The second-order valence-corrected chi connectivity index (χ2v) is 4.28. The van der Waals surface area contributed by atoms with Crippen LogP contribution >= 0.6 is 0 Å². The Morgan fingerprint density at radius 1 is 1.21 bits per heavy atom. The minimum absolute atomic E-state index is 0.156. The molecule has 0 aromatic rings. The highest BCUT2D eigenvalue weighted by molar-refractivity contribution is 4.81. The summed E-state index contributed by atoms with van der Waals surface area (Å²) in [5.74, 6) is 0.912. The molecule has 0 amide bonds. The Morgan fingerprint density at radius 3 is 2.29 bits per heavy atom. The van der Waals surface area contributed by atoms with Crippen LogP contribution in [0.1, 0.15) is 40.5 Å². The molecule has 0 aromatic carbocycles. The lowest BCUT2D eigenvalue weighted by molar-refractivity contribution is 0.227. The lowest BCUT2D eigenvalue weighted by atomic mass is 10.0. The third-order valence-electron chi connectivity index (χ3n) is 2.55. The summed E-state index contributed by atoms with van der Waals surface area (Å²) in [6, 6.07) is 2.29. The molecule has 0 bridgehead atoms. The fourth-order valence-electron chi connectivity index (χ4n) is 1.79. The average Bonchev–Trinajstić information content (AvgIpc) is 2.16. The van der Waals surface area contributed by atoms with Crippen LogP contribution in [0.2, 0.25) is 0 Å². The Bertz CT molecular complexity index is 172. The molecule has 14 heavy (non-hydrogen) atoms. The van der Waals surface area contributed by atoms with Crippen LogP contribution in [0, 0.1) is 23.2 Å². The van der Waals surface area contributed by atoms with E-state index in [0.29, 0.717) is 0 Å². The second kappa shape index (κ2) is 7.82. The van der Waals surface area contributed by atoms with Crippen molar-refractivity contribution in [1.29, 1.82) is 5.26 Å². The first kappa shape index (κ1) is 13.4. The van der Waals surface area contributed by atoms with Gasteiger partial charge in [0.25, 0.3) is 0 Å². The van der Waals surface area contributed by atoms with Gasteiger partial charge in [0, 0.05) is 13.1 Å². The predicted molar refractivity (Wildman–Crippen MR) is 61.0 cm³/mol. The lowest BCUT2D eigenvalue weighted by Crippen LogP contribution is -2.32. The van der Waals surface area contributed by atoms with Gasteiger partial charge in [-0.1, -0.05) is 27.2 Å². The van der Waals surface area contributed by atoms with Crippen LogP contribution in [0.15, 0.2) is 0 Å². The van der Waals surface area contributed by atoms with Gasteiger partial charge in [-0.05, 0) is 25.8 Å². The molecule has 2 atom stereocenters. The first-order chi connectivity index (χ1) is 6.63. The number of hydrogen-bond donors (Lipinski definition) is 0. The molecule has 0 aliphatic rings. The second-order valence-electron chi connectivity index (χ2n) is 4.28. The molecular weight excluding hydrogens is 172 g/mol. The van der Waals surface area contributed by atoms with Crippen LogP contribution in [0.4, 0.5) is 0 Å². The molecule has 0 fully saturated rings. The van der Waals surface area contributed by atoms with Crippen molar-refractivity contribution in [3.05, 3.63) is 0 Å². The molecule has 2 nitrogen and oxygen atoms in total. The first-order valence-corrected chi connectivity index (χ1v) is 5.75. The summed E-state index contributed by atoms with van der Waals surface area (Å²) >= 11 is 0. The van der Waals surface area contributed by atoms with Crippen molar-refractivity contribution in [3.8, 4) is 6.07 Å². The molecule has 0 N–H and O–H groups in total. The predicted octanol–water partition coefficient (Wildman–Crippen LogP) is 2.90. The Morgan fingerprint density at radius 2 is 1.86 bits per heavy atom. The summed E-state index contributed by atoms with van der Waals surface area (Å²) in [6.07, 6.45) is 2.55. The summed E-state index contributed by atoms with van der Waals surface area (Å²) in [5, 5.41) is 8.74. The molecular formula is C12H24N2. The normalized spacial score (nSPS) is 15.1. The van der Waals surface area contributed by atoms with Gasteiger partial charge < -0.3 is 4.90 Å². The topological polar surface area (TPSA) is 27.0 Å². The highest BCUT2D eigenvalue weighted by Gasteiger charge is 2.10. The summed E-state index contributed by atoms with van der Waals surface area (Å²) in [6.45, 7) is 11.8. The number of nitrogens with zero attached hydrogens (tertiary/aromatic N) is 2. The summed E-state index contributed by atoms with van der Waals surface area (Å²) in [4.78, 5) is 2.38. The Hall–Kier alpha value is -0.550. The molecule has 0 saturated heterocycles. The molecule has 2 unspecified atom stereocenters. The van der Waals surface area contributed by atoms with Crippen molar-refractivity contribution in [2.75, 3.05) is 19.6 Å². The third-order valence-corrected chi connectivity index (χ3v) is 2.55. The van der Waals surface area contributed by atoms with E-state index in [1.54, 1.807) is 0 Å². The highest BCUT2D eigenvalue weighted by Crippen LogP contribution is 2.08. The number of hydrogen-bond acceptors (Lipinski definition) is 2. The summed E-state index contributed by atoms with van der Waals surface area (Å²) in [5.41, 5.74) is 0. The summed E-state index contributed by atoms with van der Waals surface area (Å²) in [7, 11) is 0. The van der Waals surface area contributed by atoms with Gasteiger partial charge in [0.1, 0.15) is 0 Å². The van der Waals surface area contributed by atoms with E-state index >= 15 is 0 Å². The molecule has 0 aliphatic heterocycles. The van der Waals surface area contributed by atoms with Gasteiger partial charge in [-0.25, -0.2) is 0 Å². The molecule has 0 radical (unpaired) electrons. The monoisotopic (exact) mass is 196 g/mol. The molecule has 0 saturated carbocycles. The number of rotatable bonds is 7. The largest absolute Gasteiger partial charge is 0.302 e. The van der Waals surface area contributed by atoms with Crippen molar-refractivity contribution in [2.24, 2.45) is 11.8 Å². The Kier molecular flexibility index (Phi) is 7.51. The zero-order valence-electron chi connectivity index (χ0n) is 10.1. The van der Waals surface area contributed by atoms with E-state index < -0.39 is 0 Å². The SMILES string of the molecule is CCCC(C)CN(CC)CC(C)C#N. The molecule has 0 spiro atoms. The highest BCUT2D eigenvalue weighted by atomic mass is 15.1. The van der Waals surface area contributed by atoms with Crippen LogP contribution in [-0.4, -0.2) is 24.5 Å². The van der Waals surface area contributed by atoms with E-state index in [2.05, 4.69) is 31.7 Å². The fourth-order valence-corrected chi connectivity index (χ4v) is 1.79. The van der Waals surface area contributed by atoms with Gasteiger partial charge in [0.15, 0.2) is 0 Å². The van der Waals surface area contributed by atoms with E-state index in [1.807, 2.05) is 6.92 Å². The van der Waals surface area contributed by atoms with E-state index in [4.69, 9.17) is 5.26 Å². The molecule has 2 heteroatoms. The van der Waals surface area contributed by atoms with Crippen LogP contribution in [0.5, 0.6) is 0 Å². The van der Waals surface area contributed by atoms with Crippen LogP contribution in [0.25, 0.3) is 0 Å². The molecule has 0 heterocycles. The van der Waals surface area contributed by atoms with E-state index in [-0.39, 0.29) is 5.92 Å². The van der Waals surface area contributed by atoms with Gasteiger partial charge in [-0.2, -0.15) is 5.26 Å². The van der Waals surface area contributed by atoms with Gasteiger partial charge in [0.2, 0.25) is 0 Å². The molecule has 0 aromatic heterocycles. The third kappa shape index (κ3) is 5.99. The van der Waals surface area contributed by atoms with Gasteiger partial charge in [-0.15, -0.1) is 0 Å². The van der Waals surface area contributed by atoms with Crippen LogP contribution in [-0.2, 0) is 0 Å². The lowest BCUT2D eigenvalue weighted by Gasteiger charge is -2.24. The van der Waals surface area contributed by atoms with Gasteiger partial charge in [-0.3, -0.25) is 0 Å². The zero-order chi connectivity index (χ0) is 11.0. The Balaban J connectivity index is 3.84. The maximum atomic E-state index is 8.74. The first-order valence-electron chi connectivity index (χ1n) is 5.75. The minimum Gasteiger partial charge on any atom is -0.302 e. The average molecular weight is 196 g/mol. The smallest absolute Gasteiger partial charge is 0.0666 e. The maximum Gasteiger partial charge on any atom is 0.0666 e.